The molecule has 0 saturated heterocycles. The molecular weight excluding hydrogens is 306 g/mol. The van der Waals surface area contributed by atoms with Crippen LogP contribution in [0.5, 0.6) is 0 Å². The molecule has 0 aliphatic carbocycles. The third kappa shape index (κ3) is 3.29. The largest absolute Gasteiger partial charge is 0.351 e. The van der Waals surface area contributed by atoms with E-state index in [-0.39, 0.29) is 11.8 Å². The van der Waals surface area contributed by atoms with Gasteiger partial charge in [-0.25, -0.2) is 9.99 Å². The van der Waals surface area contributed by atoms with Gasteiger partial charge < -0.3 is 9.88 Å². The summed E-state index contributed by atoms with van der Waals surface area (Å²) in [5.41, 5.74) is 2.52. The minimum absolute atomic E-state index is 0.0611. The molecule has 1 N–H and O–H groups in total. The first-order valence-electron chi connectivity index (χ1n) is 8.10. The van der Waals surface area contributed by atoms with Crippen LogP contribution in [-0.2, 0) is 16.1 Å². The summed E-state index contributed by atoms with van der Waals surface area (Å²) in [6.07, 6.45) is 1.54. The Hall–Kier alpha value is -2.70. The molecule has 0 spiro atoms. The van der Waals surface area contributed by atoms with E-state index < -0.39 is 0 Å². The van der Waals surface area contributed by atoms with Crippen LogP contribution in [0.2, 0.25) is 0 Å². The van der Waals surface area contributed by atoms with Crippen LogP contribution < -0.4 is 5.32 Å². The molecule has 2 amide bonds. The highest BCUT2D eigenvalue weighted by atomic mass is 16.2. The van der Waals surface area contributed by atoms with Gasteiger partial charge in [0.2, 0.25) is 5.91 Å². The summed E-state index contributed by atoms with van der Waals surface area (Å²) >= 11 is 0. The lowest BCUT2D eigenvalue weighted by molar-refractivity contribution is -0.130. The molecule has 7 heteroatoms. The number of hydrogen-bond acceptors (Lipinski definition) is 4. The van der Waals surface area contributed by atoms with Gasteiger partial charge in [0.05, 0.1) is 11.0 Å². The fourth-order valence-electron chi connectivity index (χ4n) is 2.85. The SMILES string of the molecule is Cc1nc2ccccc2n1CCCNC(=O)C1=NN(C)C(=O)CC1. The third-order valence-corrected chi connectivity index (χ3v) is 4.16. The standard InChI is InChI=1S/C17H21N5O2/c1-12-19-13-6-3-4-7-15(13)22(12)11-5-10-18-17(24)14-8-9-16(23)21(2)20-14/h3-4,6-7H,5,8-11H2,1-2H3,(H,18,24). The summed E-state index contributed by atoms with van der Waals surface area (Å²) in [5.74, 6) is 0.717. The lowest BCUT2D eigenvalue weighted by Crippen LogP contribution is -2.38. The smallest absolute Gasteiger partial charge is 0.267 e. The number of hydrogen-bond donors (Lipinski definition) is 1. The van der Waals surface area contributed by atoms with Crippen molar-refractivity contribution in [3.63, 3.8) is 0 Å². The van der Waals surface area contributed by atoms with Crippen molar-refractivity contribution in [3.05, 3.63) is 30.1 Å². The molecular formula is C17H21N5O2. The highest BCUT2D eigenvalue weighted by molar-refractivity contribution is 6.39. The van der Waals surface area contributed by atoms with E-state index in [0.29, 0.717) is 25.1 Å². The Morgan fingerprint density at radius 1 is 1.29 bits per heavy atom. The molecule has 2 aromatic rings. The number of aromatic nitrogens is 2. The van der Waals surface area contributed by atoms with Crippen LogP contribution in [0.4, 0.5) is 0 Å². The maximum absolute atomic E-state index is 12.1. The number of aryl methyl sites for hydroxylation is 2. The second-order valence-corrected chi connectivity index (χ2v) is 5.87. The molecule has 2 heterocycles. The van der Waals surface area contributed by atoms with Gasteiger partial charge in [0.15, 0.2) is 0 Å². The summed E-state index contributed by atoms with van der Waals surface area (Å²) < 4.78 is 2.16. The van der Waals surface area contributed by atoms with Crippen LogP contribution in [0.25, 0.3) is 11.0 Å². The second kappa shape index (κ2) is 6.82. The van der Waals surface area contributed by atoms with Gasteiger partial charge >= 0.3 is 0 Å². The van der Waals surface area contributed by atoms with Crippen LogP contribution in [0, 0.1) is 6.92 Å². The first-order valence-corrected chi connectivity index (χ1v) is 8.10. The normalized spacial score (nSPS) is 14.8. The molecule has 1 aliphatic heterocycles. The Morgan fingerprint density at radius 3 is 2.88 bits per heavy atom. The number of fused-ring (bicyclic) bond motifs is 1. The van der Waals surface area contributed by atoms with Crippen molar-refractivity contribution in [2.24, 2.45) is 5.10 Å². The van der Waals surface area contributed by atoms with Crippen LogP contribution in [0.3, 0.4) is 0 Å². The van der Waals surface area contributed by atoms with E-state index in [1.165, 1.54) is 5.01 Å². The maximum Gasteiger partial charge on any atom is 0.267 e. The van der Waals surface area contributed by atoms with Gasteiger partial charge in [-0.1, -0.05) is 12.1 Å². The van der Waals surface area contributed by atoms with Crippen molar-refractivity contribution in [3.8, 4) is 0 Å². The maximum atomic E-state index is 12.1. The molecule has 3 rings (SSSR count). The quantitative estimate of drug-likeness (QED) is 0.844. The molecule has 0 fully saturated rings. The van der Waals surface area contributed by atoms with Crippen molar-refractivity contribution in [1.29, 1.82) is 0 Å². The minimum atomic E-state index is -0.193. The molecule has 1 aromatic heterocycles. The average Bonchev–Trinajstić information content (AvgIpc) is 2.89. The zero-order valence-electron chi connectivity index (χ0n) is 14.0. The van der Waals surface area contributed by atoms with Crippen LogP contribution in [0.1, 0.15) is 25.1 Å². The van der Waals surface area contributed by atoms with Crippen molar-refractivity contribution >= 4 is 28.6 Å². The van der Waals surface area contributed by atoms with Crippen molar-refractivity contribution in [2.45, 2.75) is 32.7 Å². The molecule has 0 unspecified atom stereocenters. The van der Waals surface area contributed by atoms with Gasteiger partial charge in [0, 0.05) is 33.0 Å². The number of nitrogens with one attached hydrogen (secondary N) is 1. The zero-order chi connectivity index (χ0) is 17.1. The van der Waals surface area contributed by atoms with E-state index in [9.17, 15) is 9.59 Å². The molecule has 0 saturated carbocycles. The number of carbonyl (C=O) groups is 2. The van der Waals surface area contributed by atoms with E-state index in [2.05, 4.69) is 26.0 Å². The predicted molar refractivity (Wildman–Crippen MR) is 91.5 cm³/mol. The number of hydrazone groups is 1. The van der Waals surface area contributed by atoms with Gasteiger partial charge in [-0.2, -0.15) is 5.10 Å². The molecule has 126 valence electrons. The molecule has 0 atom stereocenters. The first-order chi connectivity index (χ1) is 11.6. The Morgan fingerprint density at radius 2 is 2.08 bits per heavy atom. The van der Waals surface area contributed by atoms with Crippen LogP contribution in [0.15, 0.2) is 29.4 Å². The van der Waals surface area contributed by atoms with Gasteiger partial charge in [0.1, 0.15) is 11.5 Å². The van der Waals surface area contributed by atoms with Crippen LogP contribution >= 0.6 is 0 Å². The van der Waals surface area contributed by atoms with Crippen LogP contribution in [-0.4, -0.2) is 45.7 Å². The van der Waals surface area contributed by atoms with Gasteiger partial charge in [-0.05, 0) is 25.5 Å². The summed E-state index contributed by atoms with van der Waals surface area (Å²) in [5, 5.41) is 8.13. The molecule has 0 radical (unpaired) electrons. The van der Waals surface area contributed by atoms with Gasteiger partial charge in [-0.3, -0.25) is 9.59 Å². The highest BCUT2D eigenvalue weighted by Gasteiger charge is 2.21. The fourth-order valence-corrected chi connectivity index (χ4v) is 2.85. The summed E-state index contributed by atoms with van der Waals surface area (Å²) in [6.45, 7) is 3.33. The number of rotatable bonds is 5. The summed E-state index contributed by atoms with van der Waals surface area (Å²) in [6, 6.07) is 8.03. The summed E-state index contributed by atoms with van der Waals surface area (Å²) in [4.78, 5) is 28.0. The minimum Gasteiger partial charge on any atom is -0.351 e. The van der Waals surface area contributed by atoms with Gasteiger partial charge in [0.25, 0.3) is 5.91 Å². The van der Waals surface area contributed by atoms with E-state index in [4.69, 9.17) is 0 Å². The monoisotopic (exact) mass is 327 g/mol. The molecule has 0 bridgehead atoms. The Balaban J connectivity index is 1.53. The van der Waals surface area contributed by atoms with E-state index >= 15 is 0 Å². The zero-order valence-corrected chi connectivity index (χ0v) is 14.0. The number of amides is 2. The number of benzene rings is 1. The molecule has 1 aromatic carbocycles. The van der Waals surface area contributed by atoms with Crippen molar-refractivity contribution < 1.29 is 9.59 Å². The van der Waals surface area contributed by atoms with Gasteiger partial charge in [-0.15, -0.1) is 0 Å². The number of para-hydroxylation sites is 2. The van der Waals surface area contributed by atoms with Crippen molar-refractivity contribution in [1.82, 2.24) is 19.9 Å². The highest BCUT2D eigenvalue weighted by Crippen LogP contribution is 2.15. The van der Waals surface area contributed by atoms with Crippen molar-refractivity contribution in [2.75, 3.05) is 13.6 Å². The lowest BCUT2D eigenvalue weighted by Gasteiger charge is -2.18. The number of imidazole rings is 1. The average molecular weight is 327 g/mol. The second-order valence-electron chi connectivity index (χ2n) is 5.87. The Kier molecular flexibility index (Phi) is 4.59. The Labute approximate surface area is 140 Å². The molecule has 24 heavy (non-hydrogen) atoms. The topological polar surface area (TPSA) is 79.6 Å². The Bertz CT molecular complexity index is 808. The van der Waals surface area contributed by atoms with E-state index in [1.54, 1.807) is 7.05 Å². The predicted octanol–water partition coefficient (Wildman–Crippen LogP) is 1.46. The number of nitrogens with zero attached hydrogens (tertiary/aromatic N) is 4. The fraction of sp³-hybridized carbons (Fsp3) is 0.412. The summed E-state index contributed by atoms with van der Waals surface area (Å²) in [7, 11) is 1.57. The third-order valence-electron chi connectivity index (χ3n) is 4.16. The van der Waals surface area contributed by atoms with E-state index in [1.807, 2.05) is 25.1 Å². The lowest BCUT2D eigenvalue weighted by atomic mass is 10.1. The molecule has 1 aliphatic rings. The number of carbonyl (C=O) groups excluding carboxylic acids is 2. The molecule has 7 nitrogen and oxygen atoms in total. The van der Waals surface area contributed by atoms with E-state index in [0.717, 1.165) is 29.8 Å². The first kappa shape index (κ1) is 16.2.